The van der Waals surface area contributed by atoms with E-state index in [1.807, 2.05) is 0 Å². The molecule has 1 aliphatic rings. The number of esters is 1. The maximum atomic E-state index is 12.4. The maximum Gasteiger partial charge on any atom is 0.340 e. The Labute approximate surface area is 142 Å². The predicted octanol–water partition coefficient (Wildman–Crippen LogP) is 0.785. The highest BCUT2D eigenvalue weighted by molar-refractivity contribution is 5.92. The van der Waals surface area contributed by atoms with E-state index in [1.165, 1.54) is 12.4 Å². The molecule has 2 aromatic rings. The standard InChI is InChI=1S/C17H16N2O6/c1-2-23-17(22)13-12(9-3-5-19-6-4-9)15-14(25-16(13)18)11(21)7-10(8-20)24-15/h3-7,12,20H,2,8,18H2,1H3/t12-/m0/s1. The van der Waals surface area contributed by atoms with Gasteiger partial charge in [-0.1, -0.05) is 0 Å². The number of hydrogen-bond donors (Lipinski definition) is 2. The van der Waals surface area contributed by atoms with E-state index in [9.17, 15) is 14.7 Å². The molecule has 3 rings (SSSR count). The minimum Gasteiger partial charge on any atom is -0.462 e. The second-order valence-corrected chi connectivity index (χ2v) is 5.24. The number of carbonyl (C=O) groups is 1. The minimum absolute atomic E-state index is 0.0267. The van der Waals surface area contributed by atoms with Gasteiger partial charge in [0.25, 0.3) is 0 Å². The Morgan fingerprint density at radius 2 is 2.12 bits per heavy atom. The fourth-order valence-electron chi connectivity index (χ4n) is 2.66. The smallest absolute Gasteiger partial charge is 0.340 e. The fourth-order valence-corrected chi connectivity index (χ4v) is 2.66. The summed E-state index contributed by atoms with van der Waals surface area (Å²) in [7, 11) is 0. The van der Waals surface area contributed by atoms with Crippen molar-refractivity contribution in [2.24, 2.45) is 5.73 Å². The first-order valence-electron chi connectivity index (χ1n) is 7.59. The van der Waals surface area contributed by atoms with Crippen LogP contribution >= 0.6 is 0 Å². The molecule has 130 valence electrons. The van der Waals surface area contributed by atoms with Gasteiger partial charge in [0.15, 0.2) is 5.76 Å². The maximum absolute atomic E-state index is 12.4. The molecular weight excluding hydrogens is 328 g/mol. The molecule has 8 nitrogen and oxygen atoms in total. The summed E-state index contributed by atoms with van der Waals surface area (Å²) in [6.45, 7) is 1.34. The van der Waals surface area contributed by atoms with Gasteiger partial charge in [-0.05, 0) is 24.6 Å². The molecule has 3 heterocycles. The van der Waals surface area contributed by atoms with E-state index in [-0.39, 0.29) is 35.3 Å². The van der Waals surface area contributed by atoms with Crippen LogP contribution in [0, 0.1) is 0 Å². The molecule has 8 heteroatoms. The largest absolute Gasteiger partial charge is 0.462 e. The summed E-state index contributed by atoms with van der Waals surface area (Å²) in [6, 6.07) is 4.45. The van der Waals surface area contributed by atoms with Gasteiger partial charge in [0.1, 0.15) is 17.9 Å². The van der Waals surface area contributed by atoms with E-state index in [0.29, 0.717) is 5.56 Å². The molecule has 0 aliphatic carbocycles. The van der Waals surface area contributed by atoms with Crippen molar-refractivity contribution in [3.63, 3.8) is 0 Å². The van der Waals surface area contributed by atoms with E-state index in [1.54, 1.807) is 19.1 Å². The van der Waals surface area contributed by atoms with Crippen molar-refractivity contribution in [1.29, 1.82) is 0 Å². The van der Waals surface area contributed by atoms with E-state index < -0.39 is 23.9 Å². The van der Waals surface area contributed by atoms with Gasteiger partial charge in [0.05, 0.1) is 12.5 Å². The number of nitrogens with two attached hydrogens (primary N) is 1. The highest BCUT2D eigenvalue weighted by Gasteiger charge is 2.39. The van der Waals surface area contributed by atoms with Gasteiger partial charge in [0, 0.05) is 18.5 Å². The Morgan fingerprint density at radius 3 is 2.76 bits per heavy atom. The molecule has 0 unspecified atom stereocenters. The van der Waals surface area contributed by atoms with Crippen molar-refractivity contribution in [1.82, 2.24) is 4.98 Å². The second kappa shape index (κ2) is 6.78. The molecule has 0 aromatic carbocycles. The van der Waals surface area contributed by atoms with Crippen LogP contribution in [0.25, 0.3) is 0 Å². The quantitative estimate of drug-likeness (QED) is 0.780. The summed E-state index contributed by atoms with van der Waals surface area (Å²) in [4.78, 5) is 28.6. The van der Waals surface area contributed by atoms with Gasteiger partial charge < -0.3 is 24.7 Å². The summed E-state index contributed by atoms with van der Waals surface area (Å²) >= 11 is 0. The molecule has 0 amide bonds. The lowest BCUT2D eigenvalue weighted by Crippen LogP contribution is -2.30. The monoisotopic (exact) mass is 344 g/mol. The molecule has 2 aromatic heterocycles. The van der Waals surface area contributed by atoms with Crippen molar-refractivity contribution >= 4 is 5.97 Å². The Hall–Kier alpha value is -3.13. The minimum atomic E-state index is -0.815. The zero-order chi connectivity index (χ0) is 18.0. The van der Waals surface area contributed by atoms with Crippen molar-refractivity contribution in [3.8, 4) is 5.75 Å². The van der Waals surface area contributed by atoms with Gasteiger partial charge in [0.2, 0.25) is 17.1 Å². The van der Waals surface area contributed by atoms with E-state index >= 15 is 0 Å². The zero-order valence-corrected chi connectivity index (χ0v) is 13.4. The molecule has 0 saturated heterocycles. The molecule has 0 bridgehead atoms. The Balaban J connectivity index is 2.26. The summed E-state index contributed by atoms with van der Waals surface area (Å²) in [6.07, 6.45) is 3.08. The van der Waals surface area contributed by atoms with Gasteiger partial charge in [-0.15, -0.1) is 0 Å². The lowest BCUT2D eigenvalue weighted by molar-refractivity contribution is -0.139. The number of fused-ring (bicyclic) bond motifs is 1. The van der Waals surface area contributed by atoms with Crippen molar-refractivity contribution < 1.29 is 23.8 Å². The van der Waals surface area contributed by atoms with Crippen molar-refractivity contribution in [2.45, 2.75) is 19.4 Å². The number of pyridine rings is 1. The second-order valence-electron chi connectivity index (χ2n) is 5.24. The molecule has 0 fully saturated rings. The summed E-state index contributed by atoms with van der Waals surface area (Å²) in [5.74, 6) is -1.70. The molecule has 0 spiro atoms. The third-order valence-electron chi connectivity index (χ3n) is 3.70. The van der Waals surface area contributed by atoms with Crippen LogP contribution in [0.1, 0.15) is 29.9 Å². The molecular formula is C17H16N2O6. The van der Waals surface area contributed by atoms with Crippen molar-refractivity contribution in [2.75, 3.05) is 6.61 Å². The van der Waals surface area contributed by atoms with Crippen LogP contribution in [0.5, 0.6) is 5.75 Å². The number of nitrogens with zero attached hydrogens (tertiary/aromatic N) is 1. The molecule has 25 heavy (non-hydrogen) atoms. The zero-order valence-electron chi connectivity index (χ0n) is 13.4. The van der Waals surface area contributed by atoms with Crippen LogP contribution in [0.15, 0.2) is 51.3 Å². The van der Waals surface area contributed by atoms with Crippen LogP contribution in [0.4, 0.5) is 0 Å². The van der Waals surface area contributed by atoms with Crippen LogP contribution < -0.4 is 15.9 Å². The number of aromatic nitrogens is 1. The highest BCUT2D eigenvalue weighted by Crippen LogP contribution is 2.41. The van der Waals surface area contributed by atoms with Crippen LogP contribution in [0.3, 0.4) is 0 Å². The predicted molar refractivity (Wildman–Crippen MR) is 85.5 cm³/mol. The van der Waals surface area contributed by atoms with E-state index in [4.69, 9.17) is 19.6 Å². The SMILES string of the molecule is CCOC(=O)C1=C(N)Oc2c(oc(CO)cc2=O)[C@H]1c1ccncc1. The normalized spacial score (nSPS) is 16.2. The summed E-state index contributed by atoms with van der Waals surface area (Å²) < 4.78 is 16.0. The number of aliphatic hydroxyl groups is 1. The Kier molecular flexibility index (Phi) is 4.53. The first-order chi connectivity index (χ1) is 12.1. The molecule has 0 saturated carbocycles. The van der Waals surface area contributed by atoms with E-state index in [2.05, 4.69) is 4.98 Å². The average molecular weight is 344 g/mol. The first kappa shape index (κ1) is 16.7. The summed E-state index contributed by atoms with van der Waals surface area (Å²) in [5.41, 5.74) is 6.04. The fraction of sp³-hybridized carbons (Fsp3) is 0.235. The lowest BCUT2D eigenvalue weighted by Gasteiger charge is -2.26. The third-order valence-corrected chi connectivity index (χ3v) is 3.70. The van der Waals surface area contributed by atoms with Gasteiger partial charge in [-0.3, -0.25) is 9.78 Å². The Bertz CT molecular complexity index is 888. The first-order valence-corrected chi connectivity index (χ1v) is 7.59. The van der Waals surface area contributed by atoms with Gasteiger partial charge in [-0.25, -0.2) is 4.79 Å². The number of aliphatic hydroxyl groups excluding tert-OH is 1. The molecule has 0 radical (unpaired) electrons. The number of carbonyl (C=O) groups excluding carboxylic acids is 1. The number of ether oxygens (including phenoxy) is 2. The topological polar surface area (TPSA) is 125 Å². The van der Waals surface area contributed by atoms with Crippen LogP contribution in [-0.4, -0.2) is 22.7 Å². The Morgan fingerprint density at radius 1 is 1.40 bits per heavy atom. The third kappa shape index (κ3) is 2.99. The van der Waals surface area contributed by atoms with Crippen molar-refractivity contribution in [3.05, 3.63) is 69.4 Å². The highest BCUT2D eigenvalue weighted by atomic mass is 16.5. The summed E-state index contributed by atoms with van der Waals surface area (Å²) in [5, 5.41) is 9.32. The van der Waals surface area contributed by atoms with Gasteiger partial charge in [-0.2, -0.15) is 0 Å². The molecule has 1 aliphatic heterocycles. The average Bonchev–Trinajstić information content (AvgIpc) is 2.62. The van der Waals surface area contributed by atoms with E-state index in [0.717, 1.165) is 6.07 Å². The molecule has 1 atom stereocenters. The molecule has 3 N–H and O–H groups in total. The number of rotatable bonds is 4. The lowest BCUT2D eigenvalue weighted by atomic mass is 9.87. The van der Waals surface area contributed by atoms with Crippen LogP contribution in [-0.2, 0) is 16.1 Å². The van der Waals surface area contributed by atoms with Gasteiger partial charge >= 0.3 is 5.97 Å². The van der Waals surface area contributed by atoms with Crippen LogP contribution in [0.2, 0.25) is 0 Å². The number of hydrogen-bond acceptors (Lipinski definition) is 8.